The number of nitrogens with one attached hydrogen (secondary N) is 1. The fourth-order valence-electron chi connectivity index (χ4n) is 2.21. The maximum atomic E-state index is 4.54. The summed E-state index contributed by atoms with van der Waals surface area (Å²) in [6.07, 6.45) is 5.04. The van der Waals surface area contributed by atoms with E-state index in [4.69, 9.17) is 0 Å². The second-order valence-electron chi connectivity index (χ2n) is 4.89. The Bertz CT molecular complexity index is 476. The van der Waals surface area contributed by atoms with Gasteiger partial charge in [0.1, 0.15) is 0 Å². The van der Waals surface area contributed by atoms with Crippen molar-refractivity contribution >= 4 is 0 Å². The number of hydrogen-bond acceptors (Lipinski definition) is 2. The van der Waals surface area contributed by atoms with E-state index in [1.165, 1.54) is 11.1 Å². The molecule has 1 heterocycles. The van der Waals surface area contributed by atoms with Gasteiger partial charge in [0.05, 0.1) is 0 Å². The predicted molar refractivity (Wildman–Crippen MR) is 80.3 cm³/mol. The Hall–Kier alpha value is -1.67. The zero-order valence-corrected chi connectivity index (χ0v) is 11.8. The van der Waals surface area contributed by atoms with Gasteiger partial charge in [-0.25, -0.2) is 0 Å². The smallest absolute Gasteiger partial charge is 0.0419 e. The highest BCUT2D eigenvalue weighted by molar-refractivity contribution is 5.18. The fourth-order valence-corrected chi connectivity index (χ4v) is 2.21. The summed E-state index contributed by atoms with van der Waals surface area (Å²) >= 11 is 0. The van der Waals surface area contributed by atoms with Crippen LogP contribution in [-0.4, -0.2) is 18.1 Å². The summed E-state index contributed by atoms with van der Waals surface area (Å²) in [6, 6.07) is 15.4. The molecule has 0 radical (unpaired) electrons. The Morgan fingerprint density at radius 1 is 1.00 bits per heavy atom. The molecular formula is C17H22N2. The molecule has 0 fully saturated rings. The summed E-state index contributed by atoms with van der Waals surface area (Å²) in [6.45, 7) is 2.16. The van der Waals surface area contributed by atoms with Crippen LogP contribution in [-0.2, 0) is 19.3 Å². The van der Waals surface area contributed by atoms with Gasteiger partial charge >= 0.3 is 0 Å². The minimum atomic E-state index is 0.433. The van der Waals surface area contributed by atoms with Crippen molar-refractivity contribution in [1.29, 1.82) is 0 Å². The Kier molecular flexibility index (Phi) is 5.10. The molecule has 1 unspecified atom stereocenters. The first-order valence-corrected chi connectivity index (χ1v) is 6.96. The normalized spacial score (nSPS) is 12.3. The molecule has 1 N–H and O–H groups in total. The number of likely N-dealkylation sites (N-methyl/N-ethyl adjacent to an activating group) is 1. The van der Waals surface area contributed by atoms with Gasteiger partial charge < -0.3 is 5.32 Å². The molecule has 0 saturated carbocycles. The molecule has 0 spiro atoms. The summed E-state index contributed by atoms with van der Waals surface area (Å²) in [5.41, 5.74) is 3.83. The van der Waals surface area contributed by atoms with E-state index >= 15 is 0 Å². The van der Waals surface area contributed by atoms with Crippen molar-refractivity contribution in [2.45, 2.75) is 32.2 Å². The van der Waals surface area contributed by atoms with Crippen molar-refractivity contribution in [3.63, 3.8) is 0 Å². The molecule has 0 aliphatic carbocycles. The van der Waals surface area contributed by atoms with E-state index in [1.54, 1.807) is 0 Å². The van der Waals surface area contributed by atoms with Gasteiger partial charge in [-0.2, -0.15) is 0 Å². The van der Waals surface area contributed by atoms with E-state index in [0.29, 0.717) is 6.04 Å². The molecule has 1 aromatic carbocycles. The molecule has 0 amide bonds. The molecule has 2 rings (SSSR count). The Morgan fingerprint density at radius 2 is 1.79 bits per heavy atom. The quantitative estimate of drug-likeness (QED) is 0.857. The first kappa shape index (κ1) is 13.8. The molecule has 2 aromatic rings. The lowest BCUT2D eigenvalue weighted by atomic mass is 10.0. The van der Waals surface area contributed by atoms with Crippen molar-refractivity contribution < 1.29 is 0 Å². The van der Waals surface area contributed by atoms with Gasteiger partial charge in [-0.15, -0.1) is 0 Å². The highest BCUT2D eigenvalue weighted by Gasteiger charge is 2.09. The van der Waals surface area contributed by atoms with Crippen LogP contribution in [0.1, 0.15) is 23.7 Å². The fraction of sp³-hybridized carbons (Fsp3) is 0.353. The molecule has 1 aromatic heterocycles. The number of aromatic nitrogens is 1. The van der Waals surface area contributed by atoms with Crippen LogP contribution in [0.5, 0.6) is 0 Å². The second-order valence-corrected chi connectivity index (χ2v) is 4.89. The number of aryl methyl sites for hydroxylation is 1. The van der Waals surface area contributed by atoms with Gasteiger partial charge in [0, 0.05) is 24.4 Å². The monoisotopic (exact) mass is 254 g/mol. The highest BCUT2D eigenvalue weighted by Crippen LogP contribution is 2.08. The van der Waals surface area contributed by atoms with Crippen LogP contribution in [0.2, 0.25) is 0 Å². The number of rotatable bonds is 6. The third-order valence-corrected chi connectivity index (χ3v) is 3.48. The third-order valence-electron chi connectivity index (χ3n) is 3.48. The molecule has 0 aliphatic heterocycles. The minimum absolute atomic E-state index is 0.433. The number of hydrogen-bond donors (Lipinski definition) is 1. The van der Waals surface area contributed by atoms with Gasteiger partial charge in [0.25, 0.3) is 0 Å². The molecule has 0 aliphatic rings. The molecular weight excluding hydrogens is 232 g/mol. The summed E-state index contributed by atoms with van der Waals surface area (Å²) < 4.78 is 0. The highest BCUT2D eigenvalue weighted by atomic mass is 14.9. The summed E-state index contributed by atoms with van der Waals surface area (Å²) in [5.74, 6) is 0. The van der Waals surface area contributed by atoms with Gasteiger partial charge in [0.2, 0.25) is 0 Å². The standard InChI is InChI=1S/C17H22N2/c1-3-14-9-10-16(19-13-14)12-17(18-2)11-15-7-5-4-6-8-15/h4-10,13,17-18H,3,11-12H2,1-2H3. The van der Waals surface area contributed by atoms with Gasteiger partial charge in [0.15, 0.2) is 0 Å². The molecule has 100 valence electrons. The van der Waals surface area contributed by atoms with Gasteiger partial charge in [-0.05, 0) is 37.1 Å². The number of nitrogens with zero attached hydrogens (tertiary/aromatic N) is 1. The lowest BCUT2D eigenvalue weighted by molar-refractivity contribution is 0.550. The largest absolute Gasteiger partial charge is 0.316 e. The average molecular weight is 254 g/mol. The summed E-state index contributed by atoms with van der Waals surface area (Å²) in [5, 5.41) is 3.39. The first-order chi connectivity index (χ1) is 9.31. The van der Waals surface area contributed by atoms with Crippen molar-refractivity contribution in [3.8, 4) is 0 Å². The molecule has 0 saturated heterocycles. The van der Waals surface area contributed by atoms with Gasteiger partial charge in [-0.1, -0.05) is 43.3 Å². The molecule has 19 heavy (non-hydrogen) atoms. The van der Waals surface area contributed by atoms with Crippen molar-refractivity contribution in [1.82, 2.24) is 10.3 Å². The number of benzene rings is 1. The predicted octanol–water partition coefficient (Wildman–Crippen LogP) is 3.02. The van der Waals surface area contributed by atoms with Crippen LogP contribution >= 0.6 is 0 Å². The van der Waals surface area contributed by atoms with Crippen LogP contribution < -0.4 is 5.32 Å². The number of pyridine rings is 1. The van der Waals surface area contributed by atoms with E-state index in [2.05, 4.69) is 59.7 Å². The second kappa shape index (κ2) is 7.05. The van der Waals surface area contributed by atoms with Crippen LogP contribution in [0.4, 0.5) is 0 Å². The minimum Gasteiger partial charge on any atom is -0.316 e. The zero-order valence-electron chi connectivity index (χ0n) is 11.8. The maximum Gasteiger partial charge on any atom is 0.0419 e. The SMILES string of the molecule is CCc1ccc(CC(Cc2ccccc2)NC)nc1. The van der Waals surface area contributed by atoms with Crippen LogP contribution in [0.15, 0.2) is 48.7 Å². The van der Waals surface area contributed by atoms with Crippen LogP contribution in [0, 0.1) is 0 Å². The zero-order chi connectivity index (χ0) is 13.5. The summed E-state index contributed by atoms with van der Waals surface area (Å²) in [4.78, 5) is 4.54. The molecule has 1 atom stereocenters. The Morgan fingerprint density at radius 3 is 2.37 bits per heavy atom. The lowest BCUT2D eigenvalue weighted by Crippen LogP contribution is -2.30. The van der Waals surface area contributed by atoms with Crippen LogP contribution in [0.25, 0.3) is 0 Å². The Labute approximate surface area is 115 Å². The van der Waals surface area contributed by atoms with Crippen molar-refractivity contribution in [2.24, 2.45) is 0 Å². The maximum absolute atomic E-state index is 4.54. The van der Waals surface area contributed by atoms with E-state index < -0.39 is 0 Å². The van der Waals surface area contributed by atoms with E-state index in [0.717, 1.165) is 25.0 Å². The topological polar surface area (TPSA) is 24.9 Å². The van der Waals surface area contributed by atoms with Gasteiger partial charge in [-0.3, -0.25) is 4.98 Å². The van der Waals surface area contributed by atoms with E-state index in [-0.39, 0.29) is 0 Å². The summed E-state index contributed by atoms with van der Waals surface area (Å²) in [7, 11) is 2.02. The lowest BCUT2D eigenvalue weighted by Gasteiger charge is -2.16. The van der Waals surface area contributed by atoms with Crippen molar-refractivity contribution in [3.05, 3.63) is 65.5 Å². The average Bonchev–Trinajstić information content (AvgIpc) is 2.48. The van der Waals surface area contributed by atoms with E-state index in [1.807, 2.05) is 13.2 Å². The Balaban J connectivity index is 1.98. The van der Waals surface area contributed by atoms with E-state index in [9.17, 15) is 0 Å². The molecule has 2 nitrogen and oxygen atoms in total. The van der Waals surface area contributed by atoms with Crippen LogP contribution in [0.3, 0.4) is 0 Å². The molecule has 0 bridgehead atoms. The van der Waals surface area contributed by atoms with Crippen molar-refractivity contribution in [2.75, 3.05) is 7.05 Å². The first-order valence-electron chi connectivity index (χ1n) is 6.96. The third kappa shape index (κ3) is 4.18. The molecule has 2 heteroatoms.